The number of carbonyl (C=O) groups is 2. The molecule has 98 valence electrons. The van der Waals surface area contributed by atoms with Crippen LogP contribution in [-0.4, -0.2) is 27.1 Å². The largest absolute Gasteiger partial charge is 0.476 e. The maximum atomic E-state index is 10.9. The quantitative estimate of drug-likeness (QED) is 0.885. The van der Waals surface area contributed by atoms with Gasteiger partial charge in [-0.15, -0.1) is 0 Å². The zero-order valence-corrected chi connectivity index (χ0v) is 11.4. The third-order valence-corrected chi connectivity index (χ3v) is 3.42. The van der Waals surface area contributed by atoms with Gasteiger partial charge in [0.1, 0.15) is 0 Å². The summed E-state index contributed by atoms with van der Waals surface area (Å²) in [7, 11) is 0. The monoisotopic (exact) mass is 345 g/mol. The van der Waals surface area contributed by atoms with Crippen LogP contribution in [0.15, 0.2) is 27.1 Å². The molecule has 0 spiro atoms. The first-order valence-electron chi connectivity index (χ1n) is 4.83. The molecule has 0 amide bonds. The molecule has 0 fully saturated rings. The molecule has 1 heterocycles. The second-order valence-electron chi connectivity index (χ2n) is 3.44. The molecule has 19 heavy (non-hydrogen) atoms. The summed E-state index contributed by atoms with van der Waals surface area (Å²) < 4.78 is 5.59. The van der Waals surface area contributed by atoms with Crippen molar-refractivity contribution in [1.29, 1.82) is 0 Å². The van der Waals surface area contributed by atoms with E-state index >= 15 is 0 Å². The van der Waals surface area contributed by atoms with E-state index in [9.17, 15) is 9.59 Å². The number of nitrogens with zero attached hydrogens (tertiary/aromatic N) is 1. The van der Waals surface area contributed by atoms with Crippen molar-refractivity contribution in [3.8, 4) is 11.5 Å². The fourth-order valence-corrected chi connectivity index (χ4v) is 1.79. The highest BCUT2D eigenvalue weighted by atomic mass is 79.9. The molecule has 1 aromatic carbocycles. The zero-order valence-electron chi connectivity index (χ0n) is 9.05. The van der Waals surface area contributed by atoms with Crippen LogP contribution in [0.5, 0.6) is 0 Å². The first-order chi connectivity index (χ1) is 8.90. The molecular formula is C11H5BrClNO5. The van der Waals surface area contributed by atoms with Crippen LogP contribution in [-0.2, 0) is 0 Å². The van der Waals surface area contributed by atoms with Crippen LogP contribution in [0, 0.1) is 0 Å². The van der Waals surface area contributed by atoms with E-state index in [4.69, 9.17) is 26.2 Å². The highest BCUT2D eigenvalue weighted by molar-refractivity contribution is 9.10. The van der Waals surface area contributed by atoms with Crippen LogP contribution >= 0.6 is 27.5 Å². The minimum absolute atomic E-state index is 0.121. The van der Waals surface area contributed by atoms with E-state index in [-0.39, 0.29) is 5.89 Å². The van der Waals surface area contributed by atoms with E-state index in [0.717, 1.165) is 0 Å². The molecule has 0 atom stereocenters. The van der Waals surface area contributed by atoms with Gasteiger partial charge in [-0.05, 0) is 34.1 Å². The fourth-order valence-electron chi connectivity index (χ4n) is 1.36. The number of rotatable bonds is 3. The number of oxazole rings is 1. The number of carboxylic acid groups (broad SMARTS) is 2. The Labute approximate surface area is 119 Å². The Morgan fingerprint density at radius 3 is 2.42 bits per heavy atom. The average Bonchev–Trinajstić information content (AvgIpc) is 2.78. The Bertz CT molecular complexity index is 650. The SMILES string of the molecule is O=C(O)c1nc(-c2ccc(Br)c(Cl)c2)oc1C(=O)O. The van der Waals surface area contributed by atoms with Crippen molar-refractivity contribution in [2.75, 3.05) is 0 Å². The summed E-state index contributed by atoms with van der Waals surface area (Å²) in [6.07, 6.45) is 0. The van der Waals surface area contributed by atoms with Gasteiger partial charge >= 0.3 is 11.9 Å². The first kappa shape index (κ1) is 13.6. The Kier molecular flexibility index (Phi) is 3.59. The van der Waals surface area contributed by atoms with Crippen molar-refractivity contribution >= 4 is 39.5 Å². The van der Waals surface area contributed by atoms with Crippen molar-refractivity contribution in [3.05, 3.63) is 39.1 Å². The Morgan fingerprint density at radius 2 is 1.95 bits per heavy atom. The third-order valence-electron chi connectivity index (χ3n) is 2.19. The topological polar surface area (TPSA) is 101 Å². The summed E-state index contributed by atoms with van der Waals surface area (Å²) in [6.45, 7) is 0. The van der Waals surface area contributed by atoms with Crippen LogP contribution < -0.4 is 0 Å². The molecule has 0 radical (unpaired) electrons. The van der Waals surface area contributed by atoms with Crippen LogP contribution in [0.3, 0.4) is 0 Å². The van der Waals surface area contributed by atoms with Crippen molar-refractivity contribution in [2.45, 2.75) is 0 Å². The van der Waals surface area contributed by atoms with Crippen molar-refractivity contribution < 1.29 is 24.2 Å². The summed E-state index contributed by atoms with van der Waals surface area (Å²) in [5, 5.41) is 18.1. The lowest BCUT2D eigenvalue weighted by Gasteiger charge is -1.98. The predicted molar refractivity (Wildman–Crippen MR) is 68.6 cm³/mol. The molecule has 0 saturated carbocycles. The van der Waals surface area contributed by atoms with E-state index in [1.165, 1.54) is 6.07 Å². The number of aromatic nitrogens is 1. The summed E-state index contributed by atoms with van der Waals surface area (Å²) in [6, 6.07) is 4.66. The summed E-state index contributed by atoms with van der Waals surface area (Å²) >= 11 is 9.08. The Hall–Kier alpha value is -1.86. The van der Waals surface area contributed by atoms with Gasteiger partial charge in [0.25, 0.3) is 0 Å². The minimum Gasteiger partial charge on any atom is -0.476 e. The second kappa shape index (κ2) is 5.02. The van der Waals surface area contributed by atoms with Crippen LogP contribution in [0.25, 0.3) is 11.5 Å². The second-order valence-corrected chi connectivity index (χ2v) is 4.70. The lowest BCUT2D eigenvalue weighted by Crippen LogP contribution is -2.05. The van der Waals surface area contributed by atoms with Crippen LogP contribution in [0.1, 0.15) is 21.0 Å². The molecule has 2 aromatic rings. The molecular weight excluding hydrogens is 341 g/mol. The summed E-state index contributed by atoms with van der Waals surface area (Å²) in [5.74, 6) is -3.82. The fraction of sp³-hybridized carbons (Fsp3) is 0. The number of aromatic carboxylic acids is 2. The smallest absolute Gasteiger partial charge is 0.374 e. The summed E-state index contributed by atoms with van der Waals surface area (Å²) in [5.41, 5.74) is -0.273. The Morgan fingerprint density at radius 1 is 1.26 bits per heavy atom. The van der Waals surface area contributed by atoms with Crippen molar-refractivity contribution in [3.63, 3.8) is 0 Å². The molecule has 1 aromatic heterocycles. The predicted octanol–water partition coefficient (Wildman–Crippen LogP) is 3.15. The maximum Gasteiger partial charge on any atom is 0.374 e. The number of hydrogen-bond donors (Lipinski definition) is 2. The zero-order chi connectivity index (χ0) is 14.2. The van der Waals surface area contributed by atoms with Gasteiger partial charge < -0.3 is 14.6 Å². The number of hydrogen-bond acceptors (Lipinski definition) is 4. The van der Waals surface area contributed by atoms with Gasteiger partial charge in [0, 0.05) is 10.0 Å². The molecule has 0 saturated heterocycles. The van der Waals surface area contributed by atoms with E-state index in [2.05, 4.69) is 20.9 Å². The van der Waals surface area contributed by atoms with Crippen LogP contribution in [0.4, 0.5) is 0 Å². The molecule has 0 unspecified atom stereocenters. The van der Waals surface area contributed by atoms with Gasteiger partial charge in [-0.1, -0.05) is 11.6 Å². The molecule has 6 nitrogen and oxygen atoms in total. The highest BCUT2D eigenvalue weighted by Crippen LogP contribution is 2.29. The lowest BCUT2D eigenvalue weighted by atomic mass is 10.2. The Balaban J connectivity index is 2.57. The molecule has 2 rings (SSSR count). The molecule has 0 aliphatic carbocycles. The van der Waals surface area contributed by atoms with Crippen molar-refractivity contribution in [1.82, 2.24) is 4.98 Å². The van der Waals surface area contributed by atoms with Crippen LogP contribution in [0.2, 0.25) is 5.02 Å². The summed E-state index contributed by atoms with van der Waals surface area (Å²) in [4.78, 5) is 25.4. The highest BCUT2D eigenvalue weighted by Gasteiger charge is 2.25. The average molecular weight is 347 g/mol. The molecule has 8 heteroatoms. The normalized spacial score (nSPS) is 10.4. The third kappa shape index (κ3) is 2.61. The lowest BCUT2D eigenvalue weighted by molar-refractivity contribution is 0.0624. The van der Waals surface area contributed by atoms with E-state index in [1.807, 2.05) is 0 Å². The van der Waals surface area contributed by atoms with E-state index in [1.54, 1.807) is 12.1 Å². The van der Waals surface area contributed by atoms with Gasteiger partial charge in [-0.2, -0.15) is 0 Å². The molecule has 0 aliphatic heterocycles. The van der Waals surface area contributed by atoms with Crippen molar-refractivity contribution in [2.24, 2.45) is 0 Å². The maximum absolute atomic E-state index is 10.9. The number of carboxylic acids is 2. The van der Waals surface area contributed by atoms with E-state index in [0.29, 0.717) is 15.1 Å². The van der Waals surface area contributed by atoms with E-state index < -0.39 is 23.4 Å². The minimum atomic E-state index is -1.50. The van der Waals surface area contributed by atoms with Gasteiger partial charge in [-0.25, -0.2) is 14.6 Å². The number of benzene rings is 1. The van der Waals surface area contributed by atoms with Gasteiger partial charge in [0.15, 0.2) is 0 Å². The molecule has 0 bridgehead atoms. The first-order valence-corrected chi connectivity index (χ1v) is 6.00. The van der Waals surface area contributed by atoms with Gasteiger partial charge in [0.05, 0.1) is 5.02 Å². The van der Waals surface area contributed by atoms with Gasteiger partial charge in [-0.3, -0.25) is 0 Å². The molecule has 2 N–H and O–H groups in total. The van der Waals surface area contributed by atoms with Gasteiger partial charge in [0.2, 0.25) is 17.3 Å². The standard InChI is InChI=1S/C11H5BrClNO5/c12-5-2-1-4(3-6(5)13)9-14-7(10(15)16)8(19-9)11(17)18/h1-3H,(H,15,16)(H,17,18). The number of halogens is 2. The molecule has 0 aliphatic rings.